The van der Waals surface area contributed by atoms with Crippen LogP contribution >= 0.6 is 11.3 Å². The molecule has 0 atom stereocenters. The number of para-hydroxylation sites is 1. The SMILES string of the molecule is COc1ccc(CN2CCN(c3nc4c(F)cccc4s3)CC2)cn1. The Hall–Kier alpha value is -2.25. The van der Waals surface area contributed by atoms with Gasteiger partial charge in [0.15, 0.2) is 5.13 Å². The first kappa shape index (κ1) is 16.2. The Balaban J connectivity index is 1.39. The van der Waals surface area contributed by atoms with Crippen LogP contribution in [0.15, 0.2) is 36.5 Å². The Kier molecular flexibility index (Phi) is 4.50. The third-order valence-corrected chi connectivity index (χ3v) is 5.50. The second kappa shape index (κ2) is 6.93. The second-order valence-electron chi connectivity index (χ2n) is 6.06. The highest BCUT2D eigenvalue weighted by Gasteiger charge is 2.20. The quantitative estimate of drug-likeness (QED) is 0.717. The van der Waals surface area contributed by atoms with Gasteiger partial charge < -0.3 is 9.64 Å². The van der Waals surface area contributed by atoms with Gasteiger partial charge >= 0.3 is 0 Å². The first-order valence-corrected chi connectivity index (χ1v) is 9.06. The predicted octanol–water partition coefficient (Wildman–Crippen LogP) is 3.16. The predicted molar refractivity (Wildman–Crippen MR) is 97.9 cm³/mol. The molecular weight excluding hydrogens is 339 g/mol. The molecule has 0 bridgehead atoms. The molecule has 5 nitrogen and oxygen atoms in total. The molecule has 1 saturated heterocycles. The molecule has 1 aromatic carbocycles. The summed E-state index contributed by atoms with van der Waals surface area (Å²) in [5.74, 6) is 0.391. The molecule has 0 radical (unpaired) electrons. The highest BCUT2D eigenvalue weighted by Crippen LogP contribution is 2.30. The molecule has 0 aliphatic carbocycles. The summed E-state index contributed by atoms with van der Waals surface area (Å²) in [5, 5.41) is 0.908. The van der Waals surface area contributed by atoms with Crippen molar-refractivity contribution in [2.75, 3.05) is 38.2 Å². The van der Waals surface area contributed by atoms with E-state index in [1.54, 1.807) is 24.5 Å². The van der Waals surface area contributed by atoms with E-state index in [2.05, 4.69) is 25.8 Å². The van der Waals surface area contributed by atoms with Gasteiger partial charge in [-0.15, -0.1) is 0 Å². The minimum absolute atomic E-state index is 0.245. The number of nitrogens with zero attached hydrogens (tertiary/aromatic N) is 4. The molecule has 0 spiro atoms. The molecular formula is C18H19FN4OS. The van der Waals surface area contributed by atoms with Crippen LogP contribution in [0.5, 0.6) is 5.88 Å². The van der Waals surface area contributed by atoms with Gasteiger partial charge in [0, 0.05) is 45.0 Å². The van der Waals surface area contributed by atoms with Crippen molar-refractivity contribution in [3.05, 3.63) is 47.9 Å². The van der Waals surface area contributed by atoms with Crippen LogP contribution in [0.4, 0.5) is 9.52 Å². The molecule has 0 amide bonds. The van der Waals surface area contributed by atoms with E-state index >= 15 is 0 Å². The number of fused-ring (bicyclic) bond motifs is 1. The van der Waals surface area contributed by atoms with Crippen LogP contribution in [0.3, 0.4) is 0 Å². The third-order valence-electron chi connectivity index (χ3n) is 4.41. The van der Waals surface area contributed by atoms with Gasteiger partial charge in [-0.2, -0.15) is 0 Å². The highest BCUT2D eigenvalue weighted by atomic mass is 32.1. The zero-order valence-electron chi connectivity index (χ0n) is 14.0. The van der Waals surface area contributed by atoms with Gasteiger partial charge in [0.05, 0.1) is 11.8 Å². The Labute approximate surface area is 149 Å². The number of ether oxygens (including phenoxy) is 1. The average molecular weight is 358 g/mol. The first-order chi connectivity index (χ1) is 12.2. The maximum atomic E-state index is 13.8. The molecule has 25 heavy (non-hydrogen) atoms. The van der Waals surface area contributed by atoms with E-state index in [1.807, 2.05) is 18.3 Å². The van der Waals surface area contributed by atoms with Crippen LogP contribution < -0.4 is 9.64 Å². The highest BCUT2D eigenvalue weighted by molar-refractivity contribution is 7.22. The largest absolute Gasteiger partial charge is 0.481 e. The molecule has 3 heterocycles. The minimum atomic E-state index is -0.245. The Morgan fingerprint density at radius 2 is 2.00 bits per heavy atom. The van der Waals surface area contributed by atoms with E-state index < -0.39 is 0 Å². The molecule has 130 valence electrons. The molecule has 1 aliphatic heterocycles. The van der Waals surface area contributed by atoms with Crippen LogP contribution in [0.25, 0.3) is 10.2 Å². The number of halogens is 1. The van der Waals surface area contributed by atoms with Crippen molar-refractivity contribution >= 4 is 26.7 Å². The smallest absolute Gasteiger partial charge is 0.212 e. The summed E-state index contributed by atoms with van der Waals surface area (Å²) in [5.41, 5.74) is 1.66. The van der Waals surface area contributed by atoms with E-state index in [0.717, 1.165) is 42.6 Å². The number of hydrogen-bond acceptors (Lipinski definition) is 6. The van der Waals surface area contributed by atoms with E-state index in [-0.39, 0.29) is 5.82 Å². The van der Waals surface area contributed by atoms with Crippen molar-refractivity contribution in [2.45, 2.75) is 6.54 Å². The van der Waals surface area contributed by atoms with Crippen LogP contribution in [0.1, 0.15) is 5.56 Å². The molecule has 2 aromatic heterocycles. The molecule has 3 aromatic rings. The summed E-state index contributed by atoms with van der Waals surface area (Å²) < 4.78 is 19.8. The Bertz CT molecular complexity index is 859. The first-order valence-electron chi connectivity index (χ1n) is 8.24. The maximum Gasteiger partial charge on any atom is 0.212 e. The molecule has 4 rings (SSSR count). The van der Waals surface area contributed by atoms with E-state index in [4.69, 9.17) is 4.74 Å². The van der Waals surface area contributed by atoms with Gasteiger partial charge in [-0.25, -0.2) is 14.4 Å². The molecule has 0 saturated carbocycles. The van der Waals surface area contributed by atoms with Crippen molar-refractivity contribution < 1.29 is 9.13 Å². The fourth-order valence-electron chi connectivity index (χ4n) is 3.02. The maximum absolute atomic E-state index is 13.8. The lowest BCUT2D eigenvalue weighted by Gasteiger charge is -2.34. The summed E-state index contributed by atoms with van der Waals surface area (Å²) in [6.45, 7) is 4.56. The van der Waals surface area contributed by atoms with Crippen molar-refractivity contribution in [3.63, 3.8) is 0 Å². The number of piperazine rings is 1. The zero-order chi connectivity index (χ0) is 17.2. The fourth-order valence-corrected chi connectivity index (χ4v) is 4.05. The van der Waals surface area contributed by atoms with Crippen LogP contribution in [0.2, 0.25) is 0 Å². The number of hydrogen-bond donors (Lipinski definition) is 0. The normalized spacial score (nSPS) is 15.7. The van der Waals surface area contributed by atoms with Crippen molar-refractivity contribution in [1.29, 1.82) is 0 Å². The van der Waals surface area contributed by atoms with Gasteiger partial charge in [0.2, 0.25) is 5.88 Å². The summed E-state index contributed by atoms with van der Waals surface area (Å²) in [7, 11) is 1.62. The lowest BCUT2D eigenvalue weighted by atomic mass is 10.2. The molecule has 1 aliphatic rings. The number of rotatable bonds is 4. The topological polar surface area (TPSA) is 41.5 Å². The summed E-state index contributed by atoms with van der Waals surface area (Å²) in [6, 6.07) is 9.06. The van der Waals surface area contributed by atoms with Gasteiger partial charge in [-0.1, -0.05) is 23.5 Å². The number of anilines is 1. The van der Waals surface area contributed by atoms with E-state index in [9.17, 15) is 4.39 Å². The number of pyridine rings is 1. The average Bonchev–Trinajstić information content (AvgIpc) is 3.09. The monoisotopic (exact) mass is 358 g/mol. The molecule has 7 heteroatoms. The molecule has 0 unspecified atom stereocenters. The van der Waals surface area contributed by atoms with Crippen molar-refractivity contribution in [1.82, 2.24) is 14.9 Å². The minimum Gasteiger partial charge on any atom is -0.481 e. The number of benzene rings is 1. The van der Waals surface area contributed by atoms with Gasteiger partial charge in [-0.3, -0.25) is 4.90 Å². The number of aromatic nitrogens is 2. The van der Waals surface area contributed by atoms with Crippen LogP contribution in [0, 0.1) is 5.82 Å². The standard InChI is InChI=1S/C18H19FN4OS/c1-24-16-6-5-13(11-20-16)12-22-7-9-23(10-8-22)18-21-17-14(19)3-2-4-15(17)25-18/h2-6,11H,7-10,12H2,1H3. The van der Waals surface area contributed by atoms with E-state index in [1.165, 1.54) is 11.6 Å². The summed E-state index contributed by atoms with van der Waals surface area (Å²) in [4.78, 5) is 13.4. The van der Waals surface area contributed by atoms with Crippen LogP contribution in [-0.2, 0) is 6.54 Å². The Morgan fingerprint density at radius 3 is 2.68 bits per heavy atom. The number of methoxy groups -OCH3 is 1. The second-order valence-corrected chi connectivity index (χ2v) is 7.06. The zero-order valence-corrected chi connectivity index (χ0v) is 14.8. The summed E-state index contributed by atoms with van der Waals surface area (Å²) >= 11 is 1.56. The van der Waals surface area contributed by atoms with Crippen LogP contribution in [-0.4, -0.2) is 48.2 Å². The molecule has 0 N–H and O–H groups in total. The third kappa shape index (κ3) is 3.43. The lowest BCUT2D eigenvalue weighted by molar-refractivity contribution is 0.249. The Morgan fingerprint density at radius 1 is 1.16 bits per heavy atom. The van der Waals surface area contributed by atoms with Gasteiger partial charge in [-0.05, 0) is 17.7 Å². The number of thiazole rings is 1. The van der Waals surface area contributed by atoms with Gasteiger partial charge in [0.25, 0.3) is 0 Å². The van der Waals surface area contributed by atoms with Crippen molar-refractivity contribution in [3.8, 4) is 5.88 Å². The van der Waals surface area contributed by atoms with Crippen molar-refractivity contribution in [2.24, 2.45) is 0 Å². The summed E-state index contributed by atoms with van der Waals surface area (Å²) in [6.07, 6.45) is 1.86. The lowest BCUT2D eigenvalue weighted by Crippen LogP contribution is -2.45. The fraction of sp³-hybridized carbons (Fsp3) is 0.333. The molecule has 1 fully saturated rings. The van der Waals surface area contributed by atoms with E-state index in [0.29, 0.717) is 11.4 Å². The van der Waals surface area contributed by atoms with Gasteiger partial charge in [0.1, 0.15) is 11.3 Å².